The summed E-state index contributed by atoms with van der Waals surface area (Å²) in [5.74, 6) is 3.87. The molecule has 0 aliphatic heterocycles. The zero-order chi connectivity index (χ0) is 12.3. The molecule has 0 fully saturated rings. The van der Waals surface area contributed by atoms with E-state index in [4.69, 9.17) is 0 Å². The number of fused-ring (bicyclic) bond motifs is 1. The van der Waals surface area contributed by atoms with Gasteiger partial charge in [-0.15, -0.1) is 11.3 Å². The Hall–Kier alpha value is -0.810. The van der Waals surface area contributed by atoms with Crippen LogP contribution in [0, 0.1) is 0 Å². The Morgan fingerprint density at radius 1 is 1.35 bits per heavy atom. The van der Waals surface area contributed by atoms with Crippen LogP contribution in [0.25, 0.3) is 10.2 Å². The summed E-state index contributed by atoms with van der Waals surface area (Å²) in [5, 5.41) is 4.32. The topological polar surface area (TPSA) is 37.8 Å². The number of hydrogen-bond acceptors (Lipinski definition) is 5. The van der Waals surface area contributed by atoms with E-state index in [2.05, 4.69) is 35.2 Å². The van der Waals surface area contributed by atoms with Crippen molar-refractivity contribution in [3.05, 3.63) is 16.8 Å². The third kappa shape index (κ3) is 2.72. The van der Waals surface area contributed by atoms with Gasteiger partial charge in [-0.05, 0) is 18.2 Å². The van der Waals surface area contributed by atoms with Gasteiger partial charge >= 0.3 is 0 Å². The van der Waals surface area contributed by atoms with E-state index in [1.165, 1.54) is 4.88 Å². The largest absolute Gasteiger partial charge is 0.372 e. The van der Waals surface area contributed by atoms with Crippen LogP contribution in [0.4, 0.5) is 5.82 Å². The molecule has 0 saturated heterocycles. The van der Waals surface area contributed by atoms with Crippen LogP contribution >= 0.6 is 23.1 Å². The Bertz CT molecular complexity index is 508. The highest BCUT2D eigenvalue weighted by molar-refractivity contribution is 7.98. The molecule has 0 aliphatic carbocycles. The Morgan fingerprint density at radius 3 is 2.82 bits per heavy atom. The number of hydrogen-bond donors (Lipinski definition) is 1. The fourth-order valence-electron chi connectivity index (χ4n) is 1.64. The van der Waals surface area contributed by atoms with Gasteiger partial charge < -0.3 is 5.32 Å². The fourth-order valence-corrected chi connectivity index (χ4v) is 3.14. The van der Waals surface area contributed by atoms with Crippen LogP contribution in [-0.4, -0.2) is 22.8 Å². The van der Waals surface area contributed by atoms with Crippen LogP contribution in [0.15, 0.2) is 6.07 Å². The lowest BCUT2D eigenvalue weighted by Gasteiger charge is -2.04. The summed E-state index contributed by atoms with van der Waals surface area (Å²) in [6.07, 6.45) is 1.06. The van der Waals surface area contributed by atoms with Gasteiger partial charge in [0.1, 0.15) is 16.5 Å². The van der Waals surface area contributed by atoms with Gasteiger partial charge in [0.15, 0.2) is 0 Å². The monoisotopic (exact) mass is 267 g/mol. The van der Waals surface area contributed by atoms with E-state index in [1.807, 2.05) is 18.8 Å². The standard InChI is InChI=1S/C12H17N3S2/c1-4-8-6-9-11(13-3)14-10(7-16-5-2)15-12(9)17-8/h6H,4-5,7H2,1-3H3,(H,13,14,15). The molecule has 2 aromatic heterocycles. The quantitative estimate of drug-likeness (QED) is 0.899. The number of aryl methyl sites for hydroxylation is 1. The van der Waals surface area contributed by atoms with Crippen LogP contribution in [0.1, 0.15) is 24.5 Å². The van der Waals surface area contributed by atoms with E-state index < -0.39 is 0 Å². The maximum atomic E-state index is 4.64. The molecule has 0 aliphatic rings. The Kier molecular flexibility index (Phi) is 4.23. The summed E-state index contributed by atoms with van der Waals surface area (Å²) in [4.78, 5) is 11.7. The van der Waals surface area contributed by atoms with Crippen LogP contribution in [0.5, 0.6) is 0 Å². The minimum absolute atomic E-state index is 0.889. The molecule has 0 amide bonds. The molecule has 1 N–H and O–H groups in total. The molecule has 2 aromatic rings. The Morgan fingerprint density at radius 2 is 2.18 bits per heavy atom. The summed E-state index contributed by atoms with van der Waals surface area (Å²) in [7, 11) is 1.92. The number of anilines is 1. The number of aromatic nitrogens is 2. The van der Waals surface area contributed by atoms with E-state index in [1.54, 1.807) is 11.3 Å². The second-order valence-corrected chi connectivity index (χ2v) is 6.05. The van der Waals surface area contributed by atoms with Crippen molar-refractivity contribution in [3.8, 4) is 0 Å². The van der Waals surface area contributed by atoms with Crippen LogP contribution in [-0.2, 0) is 12.2 Å². The van der Waals surface area contributed by atoms with Gasteiger partial charge in [0, 0.05) is 11.9 Å². The highest BCUT2D eigenvalue weighted by Crippen LogP contribution is 2.29. The molecule has 3 nitrogen and oxygen atoms in total. The number of rotatable bonds is 5. The van der Waals surface area contributed by atoms with Gasteiger partial charge in [-0.3, -0.25) is 0 Å². The minimum Gasteiger partial charge on any atom is -0.372 e. The van der Waals surface area contributed by atoms with Crippen molar-refractivity contribution >= 4 is 39.1 Å². The molecule has 92 valence electrons. The van der Waals surface area contributed by atoms with Crippen LogP contribution in [0.2, 0.25) is 0 Å². The average molecular weight is 267 g/mol. The first kappa shape index (κ1) is 12.6. The van der Waals surface area contributed by atoms with E-state index in [-0.39, 0.29) is 0 Å². The number of nitrogens with one attached hydrogen (secondary N) is 1. The van der Waals surface area contributed by atoms with E-state index in [0.29, 0.717) is 0 Å². The van der Waals surface area contributed by atoms with Gasteiger partial charge in [0.2, 0.25) is 0 Å². The summed E-state index contributed by atoms with van der Waals surface area (Å²) >= 11 is 3.63. The zero-order valence-corrected chi connectivity index (χ0v) is 12.0. The van der Waals surface area contributed by atoms with Gasteiger partial charge in [-0.1, -0.05) is 13.8 Å². The molecule has 0 unspecified atom stereocenters. The van der Waals surface area contributed by atoms with E-state index in [9.17, 15) is 0 Å². The molecule has 0 saturated carbocycles. The van der Waals surface area contributed by atoms with Crippen LogP contribution < -0.4 is 5.32 Å². The molecule has 0 atom stereocenters. The molecule has 0 radical (unpaired) electrons. The molecule has 0 aromatic carbocycles. The summed E-state index contributed by atoms with van der Waals surface area (Å²) in [5.41, 5.74) is 0. The van der Waals surface area contributed by atoms with Crippen molar-refractivity contribution in [2.45, 2.75) is 26.0 Å². The molecular formula is C12H17N3S2. The summed E-state index contributed by atoms with van der Waals surface area (Å²) in [6, 6.07) is 2.20. The number of thiophene rings is 1. The van der Waals surface area contributed by atoms with Crippen molar-refractivity contribution in [1.29, 1.82) is 0 Å². The Balaban J connectivity index is 2.44. The lowest BCUT2D eigenvalue weighted by Crippen LogP contribution is -1.99. The second-order valence-electron chi connectivity index (χ2n) is 3.66. The van der Waals surface area contributed by atoms with Gasteiger partial charge in [0.25, 0.3) is 0 Å². The average Bonchev–Trinajstić information content (AvgIpc) is 2.78. The first-order valence-corrected chi connectivity index (χ1v) is 7.80. The SMILES string of the molecule is CCSCc1nc(NC)c2cc(CC)sc2n1. The highest BCUT2D eigenvalue weighted by atomic mass is 32.2. The van der Waals surface area contributed by atoms with Crippen molar-refractivity contribution < 1.29 is 0 Å². The minimum atomic E-state index is 0.889. The van der Waals surface area contributed by atoms with Crippen molar-refractivity contribution in [1.82, 2.24) is 9.97 Å². The van der Waals surface area contributed by atoms with E-state index in [0.717, 1.165) is 39.8 Å². The third-order valence-electron chi connectivity index (χ3n) is 2.51. The normalized spacial score (nSPS) is 11.0. The molecule has 2 rings (SSSR count). The third-order valence-corrected chi connectivity index (χ3v) is 4.55. The van der Waals surface area contributed by atoms with Crippen molar-refractivity contribution in [2.75, 3.05) is 18.1 Å². The summed E-state index contributed by atoms with van der Waals surface area (Å²) < 4.78 is 0. The van der Waals surface area contributed by atoms with Crippen molar-refractivity contribution in [2.24, 2.45) is 0 Å². The van der Waals surface area contributed by atoms with E-state index >= 15 is 0 Å². The molecule has 2 heterocycles. The predicted octanol–water partition coefficient (Wildman–Crippen LogP) is 3.55. The Labute approximate surface area is 110 Å². The molecule has 5 heteroatoms. The second kappa shape index (κ2) is 5.69. The highest BCUT2D eigenvalue weighted by Gasteiger charge is 2.10. The van der Waals surface area contributed by atoms with Gasteiger partial charge in [-0.25, -0.2) is 9.97 Å². The molecule has 0 spiro atoms. The smallest absolute Gasteiger partial charge is 0.142 e. The van der Waals surface area contributed by atoms with Gasteiger partial charge in [0.05, 0.1) is 11.1 Å². The summed E-state index contributed by atoms with van der Waals surface area (Å²) in [6.45, 7) is 4.33. The molecular weight excluding hydrogens is 250 g/mol. The predicted molar refractivity (Wildman–Crippen MR) is 78.2 cm³/mol. The van der Waals surface area contributed by atoms with Gasteiger partial charge in [-0.2, -0.15) is 11.8 Å². The van der Waals surface area contributed by atoms with Crippen molar-refractivity contribution in [3.63, 3.8) is 0 Å². The molecule has 0 bridgehead atoms. The first-order chi connectivity index (χ1) is 8.28. The number of nitrogens with zero attached hydrogens (tertiary/aromatic N) is 2. The zero-order valence-electron chi connectivity index (χ0n) is 10.4. The maximum Gasteiger partial charge on any atom is 0.142 e. The lowest BCUT2D eigenvalue weighted by atomic mass is 10.3. The maximum absolute atomic E-state index is 4.64. The lowest BCUT2D eigenvalue weighted by molar-refractivity contribution is 1.07. The fraction of sp³-hybridized carbons (Fsp3) is 0.500. The first-order valence-electron chi connectivity index (χ1n) is 5.83. The van der Waals surface area contributed by atoms with Crippen LogP contribution in [0.3, 0.4) is 0 Å². The molecule has 17 heavy (non-hydrogen) atoms. The number of thioether (sulfide) groups is 1.